The van der Waals surface area contributed by atoms with Gasteiger partial charge in [-0.1, -0.05) is 12.1 Å². The molecule has 0 radical (unpaired) electrons. The van der Waals surface area contributed by atoms with Crippen molar-refractivity contribution in [3.63, 3.8) is 0 Å². The zero-order valence-electron chi connectivity index (χ0n) is 8.89. The smallest absolute Gasteiger partial charge is 0.225 e. The van der Waals surface area contributed by atoms with Gasteiger partial charge in [0.15, 0.2) is 5.58 Å². The molecule has 1 aromatic carbocycles. The van der Waals surface area contributed by atoms with E-state index >= 15 is 0 Å². The Morgan fingerprint density at radius 2 is 2.31 bits per heavy atom. The molecule has 0 unspecified atom stereocenters. The highest BCUT2D eigenvalue weighted by molar-refractivity contribution is 5.72. The lowest BCUT2D eigenvalue weighted by atomic mass is 10.1. The maximum atomic E-state index is 10.1. The molecule has 4 nitrogen and oxygen atoms in total. The monoisotopic (exact) mass is 218 g/mol. The number of aliphatic hydroxyl groups is 1. The van der Waals surface area contributed by atoms with Crippen LogP contribution in [0.5, 0.6) is 0 Å². The minimum atomic E-state index is -0.644. The van der Waals surface area contributed by atoms with E-state index < -0.39 is 6.10 Å². The van der Waals surface area contributed by atoms with Gasteiger partial charge in [0.05, 0.1) is 0 Å². The third-order valence-corrected chi connectivity index (χ3v) is 3.04. The van der Waals surface area contributed by atoms with Gasteiger partial charge >= 0.3 is 0 Å². The van der Waals surface area contributed by atoms with Crippen LogP contribution in [0.3, 0.4) is 0 Å². The second-order valence-electron chi connectivity index (χ2n) is 4.17. The van der Waals surface area contributed by atoms with Crippen molar-refractivity contribution in [2.24, 2.45) is 0 Å². The molecule has 1 saturated heterocycles. The first-order valence-electron chi connectivity index (χ1n) is 5.61. The average molecular weight is 218 g/mol. The van der Waals surface area contributed by atoms with Gasteiger partial charge in [-0.15, -0.1) is 0 Å². The Morgan fingerprint density at radius 3 is 3.06 bits per heavy atom. The minimum absolute atomic E-state index is 0.0769. The standard InChI is InChI=1S/C12H14N2O2/c15-11(9-5-3-7-13-9)12-14-8-4-1-2-6-10(8)16-12/h1-2,4,6,9,11,13,15H,3,5,7H2/t9-,11-/m1/s1. The number of nitrogens with one attached hydrogen (secondary N) is 1. The van der Waals surface area contributed by atoms with Crippen molar-refractivity contribution in [2.75, 3.05) is 6.54 Å². The van der Waals surface area contributed by atoms with E-state index in [4.69, 9.17) is 4.42 Å². The third kappa shape index (κ3) is 1.60. The van der Waals surface area contributed by atoms with Crippen LogP contribution in [0.2, 0.25) is 0 Å². The number of nitrogens with zero attached hydrogens (tertiary/aromatic N) is 1. The molecule has 2 atom stereocenters. The molecule has 0 amide bonds. The molecule has 1 aliphatic rings. The van der Waals surface area contributed by atoms with Gasteiger partial charge in [0.1, 0.15) is 11.6 Å². The Balaban J connectivity index is 1.92. The molecule has 4 heteroatoms. The molecule has 2 aromatic rings. The van der Waals surface area contributed by atoms with Crippen LogP contribution in [0.4, 0.5) is 0 Å². The molecule has 0 aliphatic carbocycles. The molecule has 2 N–H and O–H groups in total. The number of oxazole rings is 1. The van der Waals surface area contributed by atoms with Crippen LogP contribution in [0, 0.1) is 0 Å². The number of para-hydroxylation sites is 2. The summed E-state index contributed by atoms with van der Waals surface area (Å²) < 4.78 is 5.54. The van der Waals surface area contributed by atoms with E-state index in [0.29, 0.717) is 5.89 Å². The normalized spacial score (nSPS) is 22.7. The molecule has 84 valence electrons. The molecule has 3 rings (SSSR count). The van der Waals surface area contributed by atoms with Gasteiger partial charge in [0.25, 0.3) is 0 Å². The summed E-state index contributed by atoms with van der Waals surface area (Å²) in [6, 6.07) is 7.64. The van der Waals surface area contributed by atoms with Crippen LogP contribution < -0.4 is 5.32 Å². The molecular weight excluding hydrogens is 204 g/mol. The number of rotatable bonds is 2. The maximum Gasteiger partial charge on any atom is 0.225 e. The van der Waals surface area contributed by atoms with E-state index in [-0.39, 0.29) is 6.04 Å². The van der Waals surface area contributed by atoms with Crippen LogP contribution in [0.1, 0.15) is 24.8 Å². The molecule has 16 heavy (non-hydrogen) atoms. The second kappa shape index (κ2) is 3.88. The zero-order valence-corrected chi connectivity index (χ0v) is 8.89. The van der Waals surface area contributed by atoms with Crippen molar-refractivity contribution in [3.8, 4) is 0 Å². The highest BCUT2D eigenvalue weighted by Gasteiger charge is 2.27. The third-order valence-electron chi connectivity index (χ3n) is 3.04. The van der Waals surface area contributed by atoms with E-state index in [1.807, 2.05) is 24.3 Å². The van der Waals surface area contributed by atoms with Gasteiger partial charge in [0.2, 0.25) is 5.89 Å². The summed E-state index contributed by atoms with van der Waals surface area (Å²) in [7, 11) is 0. The Hall–Kier alpha value is -1.39. The van der Waals surface area contributed by atoms with Gasteiger partial charge in [-0.25, -0.2) is 4.98 Å². The number of benzene rings is 1. The largest absolute Gasteiger partial charge is 0.438 e. The highest BCUT2D eigenvalue weighted by atomic mass is 16.4. The quantitative estimate of drug-likeness (QED) is 0.804. The molecule has 1 aliphatic heterocycles. The van der Waals surface area contributed by atoms with Crippen molar-refractivity contribution in [1.29, 1.82) is 0 Å². The summed E-state index contributed by atoms with van der Waals surface area (Å²) in [4.78, 5) is 4.30. The Labute approximate surface area is 93.3 Å². The molecule has 0 spiro atoms. The van der Waals surface area contributed by atoms with Crippen LogP contribution in [0.25, 0.3) is 11.1 Å². The van der Waals surface area contributed by atoms with Crippen molar-refractivity contribution < 1.29 is 9.52 Å². The van der Waals surface area contributed by atoms with Crippen molar-refractivity contribution in [3.05, 3.63) is 30.2 Å². The Kier molecular flexibility index (Phi) is 2.38. The summed E-state index contributed by atoms with van der Waals surface area (Å²) in [5.41, 5.74) is 1.53. The summed E-state index contributed by atoms with van der Waals surface area (Å²) in [5.74, 6) is 0.417. The molecule has 2 heterocycles. The van der Waals surface area contributed by atoms with E-state index in [9.17, 15) is 5.11 Å². The van der Waals surface area contributed by atoms with Gasteiger partial charge in [0, 0.05) is 6.04 Å². The molecule has 0 saturated carbocycles. The first kappa shape index (κ1) is 9.81. The fourth-order valence-electron chi connectivity index (χ4n) is 2.17. The summed E-state index contributed by atoms with van der Waals surface area (Å²) in [5, 5.41) is 13.4. The molecular formula is C12H14N2O2. The lowest BCUT2D eigenvalue weighted by molar-refractivity contribution is 0.109. The molecule has 1 aromatic heterocycles. The van der Waals surface area contributed by atoms with Gasteiger partial charge in [-0.05, 0) is 31.5 Å². The van der Waals surface area contributed by atoms with Crippen LogP contribution in [-0.2, 0) is 0 Å². The summed E-state index contributed by atoms with van der Waals surface area (Å²) in [6.07, 6.45) is 1.43. The summed E-state index contributed by atoms with van der Waals surface area (Å²) >= 11 is 0. The van der Waals surface area contributed by atoms with Crippen molar-refractivity contribution in [2.45, 2.75) is 25.0 Å². The SMILES string of the molecule is O[C@@H](c1nc2ccccc2o1)[C@H]1CCCN1. The van der Waals surface area contributed by atoms with Crippen molar-refractivity contribution >= 4 is 11.1 Å². The lowest BCUT2D eigenvalue weighted by Gasteiger charge is -2.14. The molecule has 1 fully saturated rings. The number of fused-ring (bicyclic) bond motifs is 1. The predicted molar refractivity (Wildman–Crippen MR) is 60.0 cm³/mol. The van der Waals surface area contributed by atoms with E-state index in [2.05, 4.69) is 10.3 Å². The van der Waals surface area contributed by atoms with Gasteiger partial charge < -0.3 is 14.8 Å². The van der Waals surface area contributed by atoms with Gasteiger partial charge in [-0.3, -0.25) is 0 Å². The topological polar surface area (TPSA) is 58.3 Å². The summed E-state index contributed by atoms with van der Waals surface area (Å²) in [6.45, 7) is 0.960. The highest BCUT2D eigenvalue weighted by Crippen LogP contribution is 2.25. The Morgan fingerprint density at radius 1 is 1.44 bits per heavy atom. The van der Waals surface area contributed by atoms with Crippen LogP contribution >= 0.6 is 0 Å². The average Bonchev–Trinajstić information content (AvgIpc) is 2.97. The number of aliphatic hydroxyl groups excluding tert-OH is 1. The fourth-order valence-corrected chi connectivity index (χ4v) is 2.17. The predicted octanol–water partition coefficient (Wildman–Crippen LogP) is 1.61. The van der Waals surface area contributed by atoms with Crippen LogP contribution in [0.15, 0.2) is 28.7 Å². The fraction of sp³-hybridized carbons (Fsp3) is 0.417. The van der Waals surface area contributed by atoms with Gasteiger partial charge in [-0.2, -0.15) is 0 Å². The lowest BCUT2D eigenvalue weighted by Crippen LogP contribution is -2.28. The number of hydrogen-bond donors (Lipinski definition) is 2. The van der Waals surface area contributed by atoms with E-state index in [1.165, 1.54) is 0 Å². The second-order valence-corrected chi connectivity index (χ2v) is 4.17. The van der Waals surface area contributed by atoms with E-state index in [0.717, 1.165) is 30.5 Å². The minimum Gasteiger partial charge on any atom is -0.438 e. The van der Waals surface area contributed by atoms with Crippen LogP contribution in [-0.4, -0.2) is 22.7 Å². The van der Waals surface area contributed by atoms with E-state index in [1.54, 1.807) is 0 Å². The molecule has 0 bridgehead atoms. The zero-order chi connectivity index (χ0) is 11.0. The first-order valence-corrected chi connectivity index (χ1v) is 5.61. The first-order chi connectivity index (χ1) is 7.84. The number of aromatic nitrogens is 1. The number of hydrogen-bond acceptors (Lipinski definition) is 4. The Bertz CT molecular complexity index is 455. The maximum absolute atomic E-state index is 10.1. The van der Waals surface area contributed by atoms with Crippen molar-refractivity contribution in [1.82, 2.24) is 10.3 Å².